The fourth-order valence-corrected chi connectivity index (χ4v) is 2.25. The Morgan fingerprint density at radius 3 is 2.48 bits per heavy atom. The highest BCUT2D eigenvalue weighted by atomic mass is 35.5. The van der Waals surface area contributed by atoms with E-state index < -0.39 is 5.97 Å². The van der Waals surface area contributed by atoms with E-state index in [1.54, 1.807) is 38.2 Å². The molecule has 0 spiro atoms. The van der Waals surface area contributed by atoms with Gasteiger partial charge in [0, 0.05) is 29.3 Å². The van der Waals surface area contributed by atoms with Gasteiger partial charge in [-0.15, -0.1) is 0 Å². The molecular formula is C16H14Cl2N2O3. The summed E-state index contributed by atoms with van der Waals surface area (Å²) < 4.78 is 6.42. The molecule has 0 bridgehead atoms. The Balaban J connectivity index is 1.93. The summed E-state index contributed by atoms with van der Waals surface area (Å²) in [5.41, 5.74) is 1.76. The summed E-state index contributed by atoms with van der Waals surface area (Å²) in [4.78, 5) is 23.6. The van der Waals surface area contributed by atoms with Crippen molar-refractivity contribution in [2.75, 3.05) is 6.61 Å². The van der Waals surface area contributed by atoms with Crippen LogP contribution < -0.4 is 0 Å². The van der Waals surface area contributed by atoms with Gasteiger partial charge in [-0.2, -0.15) is 5.10 Å². The third-order valence-electron chi connectivity index (χ3n) is 3.09. The van der Waals surface area contributed by atoms with Gasteiger partial charge in [0.2, 0.25) is 0 Å². The third kappa shape index (κ3) is 4.43. The quantitative estimate of drug-likeness (QED) is 0.469. The molecule has 0 saturated heterocycles. The molecule has 5 nitrogen and oxygen atoms in total. The molecule has 1 aromatic carbocycles. The van der Waals surface area contributed by atoms with Crippen molar-refractivity contribution in [3.63, 3.8) is 0 Å². The summed E-state index contributed by atoms with van der Waals surface area (Å²) in [7, 11) is 1.70. The monoisotopic (exact) mass is 352 g/mol. The third-order valence-corrected chi connectivity index (χ3v) is 3.79. The van der Waals surface area contributed by atoms with Crippen LogP contribution in [0, 0.1) is 6.92 Å². The van der Waals surface area contributed by atoms with Crippen LogP contribution in [0.4, 0.5) is 0 Å². The number of aryl methyl sites for hydroxylation is 2. The second kappa shape index (κ2) is 7.44. The van der Waals surface area contributed by atoms with Crippen molar-refractivity contribution in [3.8, 4) is 0 Å². The number of ketones is 1. The van der Waals surface area contributed by atoms with Crippen LogP contribution in [0.2, 0.25) is 10.2 Å². The maximum Gasteiger partial charge on any atom is 0.331 e. The lowest BCUT2D eigenvalue weighted by atomic mass is 10.1. The highest BCUT2D eigenvalue weighted by Crippen LogP contribution is 2.20. The van der Waals surface area contributed by atoms with Gasteiger partial charge < -0.3 is 4.74 Å². The average Bonchev–Trinajstić information content (AvgIpc) is 2.76. The molecular weight excluding hydrogens is 339 g/mol. The molecule has 0 N–H and O–H groups in total. The number of aromatic nitrogens is 2. The molecule has 0 aliphatic carbocycles. The molecule has 0 aliphatic rings. The smallest absolute Gasteiger partial charge is 0.331 e. The molecule has 0 saturated carbocycles. The van der Waals surface area contributed by atoms with Crippen molar-refractivity contribution in [3.05, 3.63) is 57.3 Å². The normalized spacial score (nSPS) is 11.0. The van der Waals surface area contributed by atoms with Gasteiger partial charge in [0.15, 0.2) is 12.4 Å². The molecule has 2 rings (SSSR count). The number of Topliss-reactive ketones (excluding diaryl/α,β-unsaturated/α-hetero) is 1. The number of hydrogen-bond donors (Lipinski definition) is 0. The summed E-state index contributed by atoms with van der Waals surface area (Å²) >= 11 is 11.8. The standard InChI is InChI=1S/C16H14Cl2N2O3/c1-10-13(16(18)20(2)19-10)7-8-15(22)23-9-14(21)11-3-5-12(17)6-4-11/h3-8H,9H2,1-2H3/b8-7+. The van der Waals surface area contributed by atoms with Crippen LogP contribution in [-0.2, 0) is 16.6 Å². The molecule has 7 heteroatoms. The first-order valence-electron chi connectivity index (χ1n) is 6.71. The number of ether oxygens (including phenoxy) is 1. The largest absolute Gasteiger partial charge is 0.454 e. The summed E-state index contributed by atoms with van der Waals surface area (Å²) in [6.07, 6.45) is 2.73. The molecule has 2 aromatic rings. The van der Waals surface area contributed by atoms with Crippen molar-refractivity contribution in [1.29, 1.82) is 0 Å². The number of rotatable bonds is 5. The zero-order valence-electron chi connectivity index (χ0n) is 12.5. The van der Waals surface area contributed by atoms with E-state index in [2.05, 4.69) is 5.10 Å². The number of esters is 1. The molecule has 0 amide bonds. The van der Waals surface area contributed by atoms with E-state index in [0.717, 1.165) is 0 Å². The zero-order valence-corrected chi connectivity index (χ0v) is 14.1. The van der Waals surface area contributed by atoms with E-state index in [1.807, 2.05) is 0 Å². The van der Waals surface area contributed by atoms with Crippen LogP contribution >= 0.6 is 23.2 Å². The fraction of sp³-hybridized carbons (Fsp3) is 0.188. The van der Waals surface area contributed by atoms with Gasteiger partial charge in [-0.25, -0.2) is 4.79 Å². The van der Waals surface area contributed by atoms with Crippen LogP contribution in [0.5, 0.6) is 0 Å². The maximum atomic E-state index is 11.9. The second-order valence-electron chi connectivity index (χ2n) is 4.78. The zero-order chi connectivity index (χ0) is 17.0. The first-order chi connectivity index (χ1) is 10.9. The maximum absolute atomic E-state index is 11.9. The molecule has 0 unspecified atom stereocenters. The van der Waals surface area contributed by atoms with Gasteiger partial charge >= 0.3 is 5.97 Å². The van der Waals surface area contributed by atoms with Crippen molar-refractivity contribution >= 4 is 41.0 Å². The Kier molecular flexibility index (Phi) is 5.58. The molecule has 0 fully saturated rings. The number of carbonyl (C=O) groups is 2. The van der Waals surface area contributed by atoms with Gasteiger partial charge in [0.05, 0.1) is 5.69 Å². The number of halogens is 2. The molecule has 0 radical (unpaired) electrons. The topological polar surface area (TPSA) is 61.2 Å². The van der Waals surface area contributed by atoms with Crippen LogP contribution in [0.25, 0.3) is 6.08 Å². The van der Waals surface area contributed by atoms with Gasteiger partial charge in [-0.05, 0) is 37.3 Å². The van der Waals surface area contributed by atoms with Crippen molar-refractivity contribution in [2.45, 2.75) is 6.92 Å². The van der Waals surface area contributed by atoms with E-state index in [-0.39, 0.29) is 12.4 Å². The molecule has 0 aliphatic heterocycles. The van der Waals surface area contributed by atoms with E-state index in [9.17, 15) is 9.59 Å². The predicted molar refractivity (Wildman–Crippen MR) is 88.7 cm³/mol. The Bertz CT molecular complexity index is 764. The Morgan fingerprint density at radius 1 is 1.26 bits per heavy atom. The number of hydrogen-bond acceptors (Lipinski definition) is 4. The number of nitrogens with zero attached hydrogens (tertiary/aromatic N) is 2. The lowest BCUT2D eigenvalue weighted by Crippen LogP contribution is -2.12. The number of carbonyl (C=O) groups excluding carboxylic acids is 2. The van der Waals surface area contributed by atoms with Crippen LogP contribution in [0.1, 0.15) is 21.6 Å². The minimum absolute atomic E-state index is 0.306. The first-order valence-corrected chi connectivity index (χ1v) is 7.46. The fourth-order valence-electron chi connectivity index (χ4n) is 1.89. The van der Waals surface area contributed by atoms with Crippen molar-refractivity contribution in [2.24, 2.45) is 7.05 Å². The van der Waals surface area contributed by atoms with E-state index in [0.29, 0.717) is 27.0 Å². The van der Waals surface area contributed by atoms with Gasteiger partial charge in [0.25, 0.3) is 0 Å². The molecule has 23 heavy (non-hydrogen) atoms. The second-order valence-corrected chi connectivity index (χ2v) is 5.58. The average molecular weight is 353 g/mol. The summed E-state index contributed by atoms with van der Waals surface area (Å²) in [6.45, 7) is 1.44. The summed E-state index contributed by atoms with van der Waals surface area (Å²) in [5, 5.41) is 5.08. The first kappa shape index (κ1) is 17.2. The summed E-state index contributed by atoms with van der Waals surface area (Å²) in [5.74, 6) is -0.939. The highest BCUT2D eigenvalue weighted by molar-refractivity contribution is 6.31. The van der Waals surface area contributed by atoms with E-state index in [1.165, 1.54) is 16.8 Å². The minimum atomic E-state index is -0.633. The summed E-state index contributed by atoms with van der Waals surface area (Å²) in [6, 6.07) is 6.35. The minimum Gasteiger partial charge on any atom is -0.454 e. The van der Waals surface area contributed by atoms with Crippen LogP contribution in [0.3, 0.4) is 0 Å². The lowest BCUT2D eigenvalue weighted by molar-refractivity contribution is -0.136. The van der Waals surface area contributed by atoms with Crippen molar-refractivity contribution < 1.29 is 14.3 Å². The van der Waals surface area contributed by atoms with Gasteiger partial charge in [-0.1, -0.05) is 23.2 Å². The Hall–Kier alpha value is -2.11. The Labute approximate surface area is 143 Å². The van der Waals surface area contributed by atoms with Crippen LogP contribution in [0.15, 0.2) is 30.3 Å². The van der Waals surface area contributed by atoms with Gasteiger partial charge in [-0.3, -0.25) is 9.48 Å². The lowest BCUT2D eigenvalue weighted by Gasteiger charge is -2.02. The predicted octanol–water partition coefficient (Wildman–Crippen LogP) is 3.47. The SMILES string of the molecule is Cc1nn(C)c(Cl)c1/C=C/C(=O)OCC(=O)c1ccc(Cl)cc1. The number of benzene rings is 1. The van der Waals surface area contributed by atoms with E-state index >= 15 is 0 Å². The van der Waals surface area contributed by atoms with Crippen molar-refractivity contribution in [1.82, 2.24) is 9.78 Å². The molecule has 1 heterocycles. The molecule has 1 aromatic heterocycles. The molecule has 120 valence electrons. The van der Waals surface area contributed by atoms with Crippen LogP contribution in [-0.4, -0.2) is 28.1 Å². The van der Waals surface area contributed by atoms with Gasteiger partial charge in [0.1, 0.15) is 5.15 Å². The highest BCUT2D eigenvalue weighted by Gasteiger charge is 2.10. The molecule has 0 atom stereocenters. The van der Waals surface area contributed by atoms with E-state index in [4.69, 9.17) is 27.9 Å². The Morgan fingerprint density at radius 2 is 1.91 bits per heavy atom.